The third-order valence-electron chi connectivity index (χ3n) is 8.29. The van der Waals surface area contributed by atoms with Gasteiger partial charge in [-0.1, -0.05) is 13.8 Å². The van der Waals surface area contributed by atoms with Crippen LogP contribution in [0.25, 0.3) is 11.6 Å². The van der Waals surface area contributed by atoms with E-state index in [1.807, 2.05) is 13.8 Å². The van der Waals surface area contributed by atoms with E-state index in [-0.39, 0.29) is 48.5 Å². The van der Waals surface area contributed by atoms with Gasteiger partial charge in [-0.2, -0.15) is 0 Å². The molecule has 18 heteroatoms. The zero-order valence-electron chi connectivity index (χ0n) is 28.4. The van der Waals surface area contributed by atoms with Gasteiger partial charge < -0.3 is 10.2 Å². The third-order valence-corrected chi connectivity index (χ3v) is 9.07. The molecule has 2 aromatic rings. The molecular weight excluding hydrogens is 669 g/mol. The number of hydrogen-bond acceptors (Lipinski definition) is 9. The van der Waals surface area contributed by atoms with E-state index in [0.29, 0.717) is 35.6 Å². The first-order valence-corrected chi connectivity index (χ1v) is 17.2. The van der Waals surface area contributed by atoms with Crippen molar-refractivity contribution in [3.8, 4) is 0 Å². The van der Waals surface area contributed by atoms with Gasteiger partial charge in [-0.15, -0.1) is 0 Å². The number of carboxylic acids is 1. The second-order valence-corrected chi connectivity index (χ2v) is 12.7. The number of amides is 5. The number of nitrogens with one attached hydrogen (secondary N) is 5. The molecule has 0 saturated heterocycles. The molecular formula is C32H43BFN8O7P. The summed E-state index contributed by atoms with van der Waals surface area (Å²) in [5.74, 6) is -3.51. The van der Waals surface area contributed by atoms with Gasteiger partial charge in [0, 0.05) is 13.1 Å². The first-order valence-electron chi connectivity index (χ1n) is 16.1. The number of benzene rings is 1. The summed E-state index contributed by atoms with van der Waals surface area (Å²) in [7, 11) is -0.614. The Labute approximate surface area is 291 Å². The molecule has 15 nitrogen and oxygen atoms in total. The van der Waals surface area contributed by atoms with Crippen molar-refractivity contribution in [3.05, 3.63) is 52.1 Å². The quantitative estimate of drug-likeness (QED) is 0.0681. The molecule has 268 valence electrons. The molecule has 1 aromatic carbocycles. The number of aliphatic carboxylic acids is 1. The van der Waals surface area contributed by atoms with Gasteiger partial charge in [0.05, 0.1) is 0 Å². The zero-order chi connectivity index (χ0) is 37.1. The first-order chi connectivity index (χ1) is 23.7. The van der Waals surface area contributed by atoms with Crippen molar-refractivity contribution in [1.82, 2.24) is 25.8 Å². The molecule has 0 radical (unpaired) electrons. The molecule has 50 heavy (non-hydrogen) atoms. The number of hydrogen-bond donors (Lipinski definition) is 7. The number of rotatable bonds is 18. The Morgan fingerprint density at radius 3 is 2.48 bits per heavy atom. The maximum absolute atomic E-state index is 14.5. The van der Waals surface area contributed by atoms with Crippen LogP contribution in [-0.4, -0.2) is 102 Å². The molecule has 8 N–H and O–H groups in total. The van der Waals surface area contributed by atoms with E-state index in [9.17, 15) is 33.2 Å². The monoisotopic (exact) mass is 712 g/mol. The molecule has 0 bridgehead atoms. The number of fused-ring (bicyclic) bond motifs is 1. The minimum absolute atomic E-state index is 0.0284. The van der Waals surface area contributed by atoms with Crippen LogP contribution in [0.15, 0.2) is 18.2 Å². The number of aromatic amines is 1. The van der Waals surface area contributed by atoms with E-state index < -0.39 is 55.7 Å². The fourth-order valence-electron chi connectivity index (χ4n) is 5.50. The summed E-state index contributed by atoms with van der Waals surface area (Å²) in [6, 6.07) is 0.149. The van der Waals surface area contributed by atoms with Gasteiger partial charge in [0.15, 0.2) is 0 Å². The number of carbonyl (C=O) groups is 6. The molecule has 3 atom stereocenters. The predicted octanol–water partition coefficient (Wildman–Crippen LogP) is 2.09. The van der Waals surface area contributed by atoms with Gasteiger partial charge in [0.25, 0.3) is 5.91 Å². The van der Waals surface area contributed by atoms with Crippen LogP contribution in [-0.2, 0) is 19.2 Å². The van der Waals surface area contributed by atoms with Gasteiger partial charge in [0.1, 0.15) is 0 Å². The van der Waals surface area contributed by atoms with E-state index in [1.54, 1.807) is 13.8 Å². The second-order valence-electron chi connectivity index (χ2n) is 11.6. The van der Waals surface area contributed by atoms with E-state index in [2.05, 4.69) is 25.8 Å². The number of aromatic nitrogens is 1. The van der Waals surface area contributed by atoms with E-state index >= 15 is 0 Å². The van der Waals surface area contributed by atoms with Crippen molar-refractivity contribution < 1.29 is 38.3 Å². The normalized spacial score (nSPS) is 14.5. The Morgan fingerprint density at radius 1 is 1.14 bits per heavy atom. The van der Waals surface area contributed by atoms with Crippen LogP contribution in [0.2, 0.25) is 0 Å². The summed E-state index contributed by atoms with van der Waals surface area (Å²) < 4.78 is 14.5. The van der Waals surface area contributed by atoms with Crippen LogP contribution in [0.4, 0.5) is 14.9 Å². The predicted molar refractivity (Wildman–Crippen MR) is 189 cm³/mol. The summed E-state index contributed by atoms with van der Waals surface area (Å²) in [6.45, 7) is 11.1. The van der Waals surface area contributed by atoms with E-state index in [4.69, 9.17) is 16.2 Å². The fourth-order valence-corrected chi connectivity index (χ4v) is 6.06. The average Bonchev–Trinajstić information content (AvgIpc) is 3.51. The molecule has 1 aliphatic heterocycles. The van der Waals surface area contributed by atoms with Crippen LogP contribution in [0.1, 0.15) is 66.0 Å². The summed E-state index contributed by atoms with van der Waals surface area (Å²) in [4.78, 5) is 82.5. The number of aryl methyl sites for hydroxylation is 1. The number of nitrogens with two attached hydrogens (primary N) is 1. The first kappa shape index (κ1) is 39.8. The molecule has 1 aromatic heterocycles. The molecule has 0 spiro atoms. The molecule has 3 rings (SSSR count). The minimum atomic E-state index is -1.22. The van der Waals surface area contributed by atoms with Crippen LogP contribution in [0.5, 0.6) is 0 Å². The number of carbonyl (C=O) groups excluding carboxylic acids is 5. The second kappa shape index (κ2) is 18.4. The summed E-state index contributed by atoms with van der Waals surface area (Å²) in [6.07, 6.45) is 0.916. The molecule has 0 fully saturated rings. The van der Waals surface area contributed by atoms with Crippen LogP contribution in [0.3, 0.4) is 0 Å². The third kappa shape index (κ3) is 9.99. The zero-order valence-corrected chi connectivity index (χ0v) is 29.4. The molecule has 2 heterocycles. The van der Waals surface area contributed by atoms with Gasteiger partial charge in [-0.05, 0) is 20.0 Å². The Balaban J connectivity index is 1.84. The van der Waals surface area contributed by atoms with Crippen LogP contribution < -0.4 is 26.6 Å². The van der Waals surface area contributed by atoms with E-state index in [0.717, 1.165) is 36.9 Å². The molecule has 1 aliphatic rings. The van der Waals surface area contributed by atoms with Crippen molar-refractivity contribution in [2.24, 2.45) is 5.73 Å². The average molecular weight is 713 g/mol. The van der Waals surface area contributed by atoms with Crippen LogP contribution >= 0.6 is 8.46 Å². The van der Waals surface area contributed by atoms with Gasteiger partial charge >= 0.3 is 224 Å². The van der Waals surface area contributed by atoms with Crippen molar-refractivity contribution >= 4 is 67.8 Å². The number of H-pyrrole nitrogens is 1. The molecule has 5 amide bonds. The number of nitrogens with zero attached hydrogens (tertiary/aromatic N) is 2. The van der Waals surface area contributed by atoms with Crippen molar-refractivity contribution in [1.29, 1.82) is 5.31 Å². The maximum atomic E-state index is 14.5. The van der Waals surface area contributed by atoms with Gasteiger partial charge in [-0.3, -0.25) is 4.79 Å². The number of carboxylic acid groups (broad SMARTS) is 1. The number of halogens is 1. The Kier molecular flexibility index (Phi) is 14.7. The van der Waals surface area contributed by atoms with Gasteiger partial charge in [-0.25, -0.2) is 0 Å². The topological polar surface area (TPSA) is 231 Å². The fraction of sp³-hybridized carbons (Fsp3) is 0.438. The van der Waals surface area contributed by atoms with Crippen molar-refractivity contribution in [2.75, 3.05) is 37.6 Å². The molecule has 0 aliphatic carbocycles. The summed E-state index contributed by atoms with van der Waals surface area (Å²) in [5, 5.41) is 24.1. The summed E-state index contributed by atoms with van der Waals surface area (Å²) in [5.41, 5.74) is 7.25. The Morgan fingerprint density at radius 2 is 1.84 bits per heavy atom. The SMILES string of the molecule is CCN(CC)CCNC(=O)c1c(C)[nH]c(/C=C2\C(=O)N(C(=O)N[C@@H](CCNC(=O)[C@H](N)CCC(=O)O)C(=O)PB=N)c3ccc(F)cc32)c1C. The standard InChI is InChI=1S/C32H43BFN8O7P/c1-5-41(6-2)14-13-38-29(46)27-17(3)24(39-18(27)4)16-21-20-15-19(34)7-9-25(20)42(30(21)47)32(49)40-23(31(48)50-33-36)11-12-37-28(45)22(35)8-10-26(43)44/h7,9,15-16,22-23,36,39,50H,5-6,8,10-14,35H2,1-4H3,(H,37,45)(H,38,46)(H,40,49)(H,43,44)/b21-16-/t22-,23+/m1/s1. The number of likely N-dealkylation sites (N-methyl/N-ethyl adjacent to an activating group) is 1. The van der Waals surface area contributed by atoms with Crippen molar-refractivity contribution in [3.63, 3.8) is 0 Å². The summed E-state index contributed by atoms with van der Waals surface area (Å²) >= 11 is 0. The Bertz CT molecular complexity index is 1680. The number of imide groups is 1. The number of urea groups is 1. The van der Waals surface area contributed by atoms with E-state index in [1.165, 1.54) is 12.1 Å². The Hall–Kier alpha value is -4.60. The van der Waals surface area contributed by atoms with Crippen molar-refractivity contribution in [2.45, 2.75) is 59.0 Å². The molecule has 1 unspecified atom stereocenters. The van der Waals surface area contributed by atoms with Gasteiger partial charge in [0.2, 0.25) is 0 Å². The van der Waals surface area contributed by atoms with Crippen LogP contribution in [0, 0.1) is 25.0 Å². The number of anilines is 1. The molecule has 0 saturated carbocycles.